The number of halogens is 1. The minimum Gasteiger partial charge on any atom is -0.491 e. The lowest BCUT2D eigenvalue weighted by molar-refractivity contribution is -0.127. The maximum absolute atomic E-state index is 11.9. The summed E-state index contributed by atoms with van der Waals surface area (Å²) in [5.74, 6) is 1.36. The quantitative estimate of drug-likeness (QED) is 0.208. The van der Waals surface area contributed by atoms with Gasteiger partial charge in [-0.3, -0.25) is 4.79 Å². The van der Waals surface area contributed by atoms with Crippen molar-refractivity contribution in [3.63, 3.8) is 0 Å². The third-order valence-electron chi connectivity index (χ3n) is 4.09. The monoisotopic (exact) mass is 546 g/mol. The van der Waals surface area contributed by atoms with Crippen LogP contribution in [0.1, 0.15) is 16.0 Å². The number of methoxy groups -OCH3 is 1. The number of hydrogen-bond acceptors (Lipinski definition) is 5. The van der Waals surface area contributed by atoms with Crippen LogP contribution >= 0.6 is 35.3 Å². The summed E-state index contributed by atoms with van der Waals surface area (Å²) in [6.45, 7) is 4.28. The highest BCUT2D eigenvalue weighted by Crippen LogP contribution is 2.21. The molecule has 1 amide bonds. The molecule has 0 saturated heterocycles. The number of nitrogens with zero attached hydrogens (tertiary/aromatic N) is 2. The van der Waals surface area contributed by atoms with E-state index in [1.165, 1.54) is 4.88 Å². The molecule has 1 heterocycles. The second-order valence-corrected chi connectivity index (χ2v) is 7.72. The van der Waals surface area contributed by atoms with E-state index in [0.29, 0.717) is 32.3 Å². The van der Waals surface area contributed by atoms with Gasteiger partial charge in [0.2, 0.25) is 5.91 Å². The molecule has 7 nitrogen and oxygen atoms in total. The number of ether oxygens (including phenoxy) is 2. The van der Waals surface area contributed by atoms with Gasteiger partial charge in [-0.25, -0.2) is 4.99 Å². The molecule has 166 valence electrons. The van der Waals surface area contributed by atoms with E-state index in [-0.39, 0.29) is 36.4 Å². The molecule has 2 aromatic rings. The highest BCUT2D eigenvalue weighted by Gasteiger charge is 2.08. The number of aliphatic imine (C=N–C) groups is 1. The number of rotatable bonds is 10. The molecule has 0 bridgehead atoms. The molecule has 2 N–H and O–H groups in total. The summed E-state index contributed by atoms with van der Waals surface area (Å²) in [6.07, 6.45) is 0. The molecular weight excluding hydrogens is 515 g/mol. The normalized spacial score (nSPS) is 10.9. The zero-order valence-electron chi connectivity index (χ0n) is 17.9. The Labute approximate surface area is 199 Å². The van der Waals surface area contributed by atoms with Crippen molar-refractivity contribution in [2.24, 2.45) is 4.99 Å². The van der Waals surface area contributed by atoms with E-state index in [0.717, 1.165) is 16.9 Å². The minimum atomic E-state index is -0.0189. The van der Waals surface area contributed by atoms with E-state index in [1.807, 2.05) is 36.6 Å². The van der Waals surface area contributed by atoms with Crippen molar-refractivity contribution < 1.29 is 14.3 Å². The van der Waals surface area contributed by atoms with Gasteiger partial charge in [-0.05, 0) is 30.0 Å². The molecule has 1 aromatic heterocycles. The Morgan fingerprint density at radius 2 is 2.00 bits per heavy atom. The fourth-order valence-electron chi connectivity index (χ4n) is 2.40. The van der Waals surface area contributed by atoms with Gasteiger partial charge < -0.3 is 25.0 Å². The standard InChI is InChI=1S/C21H30N4O3S.HI/c1-16-7-8-17(19(12-16)28-10-9-27-4)13-22-21(24-15-20(26)25(2)3)23-14-18-6-5-11-29-18;/h5-8,11-12H,9-10,13-15H2,1-4H3,(H2,22,23,24);1H. The molecule has 0 atom stereocenters. The largest absolute Gasteiger partial charge is 0.491 e. The Kier molecular flexibility index (Phi) is 12.4. The van der Waals surface area contributed by atoms with Crippen molar-refractivity contribution in [1.29, 1.82) is 0 Å². The first-order valence-electron chi connectivity index (χ1n) is 9.45. The second kappa shape index (κ2) is 14.2. The summed E-state index contributed by atoms with van der Waals surface area (Å²) >= 11 is 1.67. The van der Waals surface area contributed by atoms with Crippen molar-refractivity contribution >= 4 is 47.2 Å². The Balaban J connectivity index is 0.00000450. The number of aryl methyl sites for hydroxylation is 1. The molecule has 9 heteroatoms. The van der Waals surface area contributed by atoms with Crippen molar-refractivity contribution in [2.75, 3.05) is 41.0 Å². The predicted molar refractivity (Wildman–Crippen MR) is 133 cm³/mol. The van der Waals surface area contributed by atoms with Gasteiger partial charge in [-0.1, -0.05) is 18.2 Å². The smallest absolute Gasteiger partial charge is 0.241 e. The van der Waals surface area contributed by atoms with Gasteiger partial charge >= 0.3 is 0 Å². The van der Waals surface area contributed by atoms with Gasteiger partial charge in [0, 0.05) is 31.6 Å². The summed E-state index contributed by atoms with van der Waals surface area (Å²) < 4.78 is 10.9. The van der Waals surface area contributed by atoms with Crippen LogP contribution in [0.5, 0.6) is 5.75 Å². The topological polar surface area (TPSA) is 75.2 Å². The molecule has 0 saturated carbocycles. The van der Waals surface area contributed by atoms with Crippen LogP contribution in [-0.2, 0) is 22.6 Å². The average Bonchev–Trinajstić information content (AvgIpc) is 3.22. The Morgan fingerprint density at radius 3 is 2.67 bits per heavy atom. The first-order chi connectivity index (χ1) is 14.0. The fraction of sp³-hybridized carbons (Fsp3) is 0.429. The van der Waals surface area contributed by atoms with Gasteiger partial charge in [0.25, 0.3) is 0 Å². The number of amides is 1. The number of likely N-dealkylation sites (N-methyl/N-ethyl adjacent to an activating group) is 1. The van der Waals surface area contributed by atoms with Gasteiger partial charge in [0.15, 0.2) is 5.96 Å². The third-order valence-corrected chi connectivity index (χ3v) is 4.97. The molecule has 30 heavy (non-hydrogen) atoms. The number of benzene rings is 1. The van der Waals surface area contributed by atoms with Gasteiger partial charge in [0.1, 0.15) is 12.4 Å². The molecule has 0 unspecified atom stereocenters. The zero-order chi connectivity index (χ0) is 21.1. The van der Waals surface area contributed by atoms with Gasteiger partial charge in [-0.15, -0.1) is 35.3 Å². The van der Waals surface area contributed by atoms with Crippen LogP contribution in [-0.4, -0.2) is 57.7 Å². The maximum Gasteiger partial charge on any atom is 0.241 e. The second-order valence-electron chi connectivity index (χ2n) is 6.69. The number of thiophene rings is 1. The predicted octanol–water partition coefficient (Wildman–Crippen LogP) is 3.02. The molecule has 0 aliphatic carbocycles. The van der Waals surface area contributed by atoms with Crippen molar-refractivity contribution in [3.05, 3.63) is 51.7 Å². The van der Waals surface area contributed by atoms with Crippen LogP contribution < -0.4 is 15.4 Å². The first kappa shape index (κ1) is 26.2. The zero-order valence-corrected chi connectivity index (χ0v) is 21.1. The molecular formula is C21H31IN4O3S. The van der Waals surface area contributed by atoms with E-state index < -0.39 is 0 Å². The van der Waals surface area contributed by atoms with E-state index in [4.69, 9.17) is 9.47 Å². The molecule has 0 spiro atoms. The van der Waals surface area contributed by atoms with Crippen LogP contribution in [0, 0.1) is 6.92 Å². The van der Waals surface area contributed by atoms with Crippen molar-refractivity contribution in [1.82, 2.24) is 15.5 Å². The maximum atomic E-state index is 11.9. The minimum absolute atomic E-state index is 0. The van der Waals surface area contributed by atoms with Crippen LogP contribution in [0.15, 0.2) is 40.7 Å². The lowest BCUT2D eigenvalue weighted by Gasteiger charge is -2.15. The molecule has 0 aliphatic rings. The van der Waals surface area contributed by atoms with Crippen molar-refractivity contribution in [3.8, 4) is 5.75 Å². The molecule has 0 aliphatic heterocycles. The molecule has 1 aromatic carbocycles. The highest BCUT2D eigenvalue weighted by molar-refractivity contribution is 14.0. The number of carbonyl (C=O) groups excluding carboxylic acids is 1. The summed E-state index contributed by atoms with van der Waals surface area (Å²) in [6, 6.07) is 10.1. The lowest BCUT2D eigenvalue weighted by atomic mass is 10.1. The van der Waals surface area contributed by atoms with Crippen LogP contribution in [0.3, 0.4) is 0 Å². The van der Waals surface area contributed by atoms with Crippen molar-refractivity contribution in [2.45, 2.75) is 20.0 Å². The highest BCUT2D eigenvalue weighted by atomic mass is 127. The van der Waals surface area contributed by atoms with E-state index in [9.17, 15) is 4.79 Å². The van der Waals surface area contributed by atoms with E-state index in [1.54, 1.807) is 37.4 Å². The number of nitrogens with one attached hydrogen (secondary N) is 2. The first-order valence-corrected chi connectivity index (χ1v) is 10.3. The summed E-state index contributed by atoms with van der Waals surface area (Å²) in [7, 11) is 5.11. The summed E-state index contributed by atoms with van der Waals surface area (Å²) in [4.78, 5) is 19.3. The number of guanidine groups is 1. The summed E-state index contributed by atoms with van der Waals surface area (Å²) in [5.41, 5.74) is 2.10. The SMILES string of the molecule is COCCOc1cc(C)ccc1CN=C(NCC(=O)N(C)C)NCc1cccs1.I. The van der Waals surface area contributed by atoms with Crippen LogP contribution in [0.2, 0.25) is 0 Å². The van der Waals surface area contributed by atoms with Crippen LogP contribution in [0.4, 0.5) is 0 Å². The average molecular weight is 546 g/mol. The van der Waals surface area contributed by atoms with E-state index >= 15 is 0 Å². The Bertz CT molecular complexity index is 798. The molecule has 0 radical (unpaired) electrons. The third kappa shape index (κ3) is 9.31. The lowest BCUT2D eigenvalue weighted by Crippen LogP contribution is -2.42. The van der Waals surface area contributed by atoms with Gasteiger partial charge in [-0.2, -0.15) is 0 Å². The summed E-state index contributed by atoms with van der Waals surface area (Å²) in [5, 5.41) is 8.43. The van der Waals surface area contributed by atoms with Crippen LogP contribution in [0.25, 0.3) is 0 Å². The Hall–Kier alpha value is -1.85. The fourth-order valence-corrected chi connectivity index (χ4v) is 3.05. The number of carbonyl (C=O) groups is 1. The number of hydrogen-bond donors (Lipinski definition) is 2. The molecule has 0 fully saturated rings. The van der Waals surface area contributed by atoms with E-state index in [2.05, 4.69) is 21.7 Å². The molecule has 2 rings (SSSR count). The van der Waals surface area contributed by atoms with Gasteiger partial charge in [0.05, 0.1) is 26.2 Å². The Morgan fingerprint density at radius 1 is 1.20 bits per heavy atom.